The molecule has 1 atom stereocenters. The van der Waals surface area contributed by atoms with Gasteiger partial charge in [0.1, 0.15) is 5.60 Å². The number of rotatable bonds is 1. The first-order valence-electron chi connectivity index (χ1n) is 6.98. The number of nitrogens with zero attached hydrogens (tertiary/aromatic N) is 1. The summed E-state index contributed by atoms with van der Waals surface area (Å²) >= 11 is 0. The summed E-state index contributed by atoms with van der Waals surface area (Å²) in [6.07, 6.45) is 2.00. The van der Waals surface area contributed by atoms with Crippen LogP contribution in [0.1, 0.15) is 45.1 Å². The summed E-state index contributed by atoms with van der Waals surface area (Å²) in [4.78, 5) is 13.9. The van der Waals surface area contributed by atoms with Crippen molar-refractivity contribution in [1.29, 1.82) is 0 Å². The molecule has 1 amide bonds. The number of hydrogen-bond acceptors (Lipinski definition) is 2. The number of piperidine rings is 1. The standard InChI is InChI=1S/C16H23NO2/c1-16(2,3)19-15(18)17-11-7-10-14(12-17)13-8-5-4-6-9-13/h4-6,8-9,14H,7,10-12H2,1-3H3/t14-/m0/s1. The van der Waals surface area contributed by atoms with Gasteiger partial charge in [-0.25, -0.2) is 4.79 Å². The quantitative estimate of drug-likeness (QED) is 0.769. The van der Waals surface area contributed by atoms with Gasteiger partial charge in [-0.3, -0.25) is 0 Å². The average Bonchev–Trinajstić information content (AvgIpc) is 2.38. The molecule has 0 spiro atoms. The molecule has 0 saturated carbocycles. The largest absolute Gasteiger partial charge is 0.444 e. The summed E-state index contributed by atoms with van der Waals surface area (Å²) in [5.74, 6) is 0.433. The Balaban J connectivity index is 2.00. The molecule has 0 aliphatic carbocycles. The lowest BCUT2D eigenvalue weighted by atomic mass is 9.91. The summed E-state index contributed by atoms with van der Waals surface area (Å²) in [6.45, 7) is 7.29. The van der Waals surface area contributed by atoms with Crippen LogP contribution >= 0.6 is 0 Å². The monoisotopic (exact) mass is 261 g/mol. The molecule has 1 heterocycles. The van der Waals surface area contributed by atoms with Gasteiger partial charge in [-0.2, -0.15) is 0 Å². The number of carbonyl (C=O) groups is 1. The number of hydrogen-bond donors (Lipinski definition) is 0. The number of carbonyl (C=O) groups excluding carboxylic acids is 1. The van der Waals surface area contributed by atoms with Gasteiger partial charge >= 0.3 is 6.09 Å². The molecule has 0 aromatic heterocycles. The zero-order chi connectivity index (χ0) is 13.9. The zero-order valence-electron chi connectivity index (χ0n) is 12.1. The Kier molecular flexibility index (Phi) is 4.13. The molecule has 1 saturated heterocycles. The smallest absolute Gasteiger partial charge is 0.410 e. The summed E-state index contributed by atoms with van der Waals surface area (Å²) in [7, 11) is 0. The molecule has 0 unspecified atom stereocenters. The van der Waals surface area contributed by atoms with Crippen LogP contribution in [0.4, 0.5) is 4.79 Å². The maximum Gasteiger partial charge on any atom is 0.410 e. The molecule has 1 aromatic carbocycles. The maximum atomic E-state index is 12.1. The molecular formula is C16H23NO2. The van der Waals surface area contributed by atoms with E-state index in [9.17, 15) is 4.79 Å². The third kappa shape index (κ3) is 3.98. The topological polar surface area (TPSA) is 29.5 Å². The van der Waals surface area contributed by atoms with Gasteiger partial charge in [0.2, 0.25) is 0 Å². The molecule has 0 N–H and O–H groups in total. The lowest BCUT2D eigenvalue weighted by molar-refractivity contribution is 0.0198. The fourth-order valence-corrected chi connectivity index (χ4v) is 2.47. The van der Waals surface area contributed by atoms with Crippen LogP contribution in [0.3, 0.4) is 0 Å². The van der Waals surface area contributed by atoms with Gasteiger partial charge in [0.05, 0.1) is 0 Å². The van der Waals surface area contributed by atoms with E-state index in [1.807, 2.05) is 31.7 Å². The Hall–Kier alpha value is -1.51. The molecule has 1 aliphatic heterocycles. The predicted octanol–water partition coefficient (Wildman–Crippen LogP) is 3.80. The highest BCUT2D eigenvalue weighted by molar-refractivity contribution is 5.68. The van der Waals surface area contributed by atoms with E-state index in [-0.39, 0.29) is 6.09 Å². The minimum Gasteiger partial charge on any atom is -0.444 e. The van der Waals surface area contributed by atoms with Crippen LogP contribution in [0.5, 0.6) is 0 Å². The Morgan fingerprint density at radius 3 is 2.58 bits per heavy atom. The predicted molar refractivity (Wildman–Crippen MR) is 76.2 cm³/mol. The van der Waals surface area contributed by atoms with E-state index < -0.39 is 5.60 Å². The molecule has 19 heavy (non-hydrogen) atoms. The summed E-state index contributed by atoms with van der Waals surface area (Å²) in [5.41, 5.74) is 0.896. The number of ether oxygens (including phenoxy) is 1. The van der Waals surface area contributed by atoms with Crippen LogP contribution in [-0.2, 0) is 4.74 Å². The molecule has 1 aliphatic rings. The maximum absolute atomic E-state index is 12.1. The van der Waals surface area contributed by atoms with E-state index in [1.165, 1.54) is 5.56 Å². The van der Waals surface area contributed by atoms with E-state index in [0.29, 0.717) is 5.92 Å². The van der Waals surface area contributed by atoms with Crippen LogP contribution in [0.2, 0.25) is 0 Å². The van der Waals surface area contributed by atoms with Gasteiger partial charge in [0.25, 0.3) is 0 Å². The molecular weight excluding hydrogens is 238 g/mol. The molecule has 0 bridgehead atoms. The lowest BCUT2D eigenvalue weighted by Crippen LogP contribution is -2.42. The molecule has 1 fully saturated rings. The Morgan fingerprint density at radius 2 is 1.95 bits per heavy atom. The van der Waals surface area contributed by atoms with E-state index in [4.69, 9.17) is 4.74 Å². The van der Waals surface area contributed by atoms with Gasteiger partial charge < -0.3 is 9.64 Å². The first-order chi connectivity index (χ1) is 8.96. The Morgan fingerprint density at radius 1 is 1.26 bits per heavy atom. The van der Waals surface area contributed by atoms with E-state index >= 15 is 0 Å². The molecule has 104 valence electrons. The van der Waals surface area contributed by atoms with Crippen molar-refractivity contribution < 1.29 is 9.53 Å². The van der Waals surface area contributed by atoms with Crippen LogP contribution in [-0.4, -0.2) is 29.7 Å². The summed E-state index contributed by atoms with van der Waals surface area (Å²) in [5, 5.41) is 0. The highest BCUT2D eigenvalue weighted by Crippen LogP contribution is 2.27. The van der Waals surface area contributed by atoms with E-state index in [0.717, 1.165) is 25.9 Å². The first kappa shape index (κ1) is 13.9. The SMILES string of the molecule is CC(C)(C)OC(=O)N1CCC[C@H](c2ccccc2)C1. The van der Waals surface area contributed by atoms with Crippen molar-refractivity contribution in [3.8, 4) is 0 Å². The van der Waals surface area contributed by atoms with Gasteiger partial charge in [0.15, 0.2) is 0 Å². The van der Waals surface area contributed by atoms with Crippen molar-refractivity contribution in [3.05, 3.63) is 35.9 Å². The fourth-order valence-electron chi connectivity index (χ4n) is 2.47. The third-order valence-corrected chi connectivity index (χ3v) is 3.34. The van der Waals surface area contributed by atoms with Crippen LogP contribution in [0.25, 0.3) is 0 Å². The molecule has 3 nitrogen and oxygen atoms in total. The van der Waals surface area contributed by atoms with Gasteiger partial charge in [-0.1, -0.05) is 30.3 Å². The van der Waals surface area contributed by atoms with E-state index in [1.54, 1.807) is 0 Å². The summed E-state index contributed by atoms with van der Waals surface area (Å²) in [6, 6.07) is 10.4. The number of amides is 1. The van der Waals surface area contributed by atoms with Crippen molar-refractivity contribution >= 4 is 6.09 Å². The average molecular weight is 261 g/mol. The fraction of sp³-hybridized carbons (Fsp3) is 0.562. The highest BCUT2D eigenvalue weighted by Gasteiger charge is 2.28. The second-order valence-corrected chi connectivity index (χ2v) is 6.18. The third-order valence-electron chi connectivity index (χ3n) is 3.34. The summed E-state index contributed by atoms with van der Waals surface area (Å²) < 4.78 is 5.45. The zero-order valence-corrected chi connectivity index (χ0v) is 12.1. The first-order valence-corrected chi connectivity index (χ1v) is 6.98. The van der Waals surface area contributed by atoms with Gasteiger partial charge in [-0.05, 0) is 39.2 Å². The molecule has 3 heteroatoms. The lowest BCUT2D eigenvalue weighted by Gasteiger charge is -2.34. The van der Waals surface area contributed by atoms with Crippen LogP contribution < -0.4 is 0 Å². The van der Waals surface area contributed by atoms with Crippen molar-refractivity contribution in [2.45, 2.75) is 45.1 Å². The number of likely N-dealkylation sites (tertiary alicyclic amines) is 1. The second-order valence-electron chi connectivity index (χ2n) is 6.18. The number of benzene rings is 1. The minimum atomic E-state index is -0.420. The van der Waals surface area contributed by atoms with Crippen LogP contribution in [0.15, 0.2) is 30.3 Å². The normalized spacial score (nSPS) is 20.2. The highest BCUT2D eigenvalue weighted by atomic mass is 16.6. The Bertz CT molecular complexity index is 422. The van der Waals surface area contributed by atoms with Crippen molar-refractivity contribution in [2.75, 3.05) is 13.1 Å². The molecule has 1 aromatic rings. The molecule has 0 radical (unpaired) electrons. The molecule has 2 rings (SSSR count). The van der Waals surface area contributed by atoms with Crippen molar-refractivity contribution in [3.63, 3.8) is 0 Å². The van der Waals surface area contributed by atoms with Crippen LogP contribution in [0, 0.1) is 0 Å². The van der Waals surface area contributed by atoms with E-state index in [2.05, 4.69) is 24.3 Å². The Labute approximate surface area is 115 Å². The van der Waals surface area contributed by atoms with Crippen molar-refractivity contribution in [2.24, 2.45) is 0 Å². The second kappa shape index (κ2) is 5.64. The van der Waals surface area contributed by atoms with Crippen molar-refractivity contribution in [1.82, 2.24) is 4.90 Å². The van der Waals surface area contributed by atoms with Gasteiger partial charge in [-0.15, -0.1) is 0 Å². The minimum absolute atomic E-state index is 0.187. The van der Waals surface area contributed by atoms with Gasteiger partial charge in [0, 0.05) is 19.0 Å².